The number of alkyl halides is 15. The number of hydrogen-bond acceptors (Lipinski definition) is 21. The Bertz CT molecular complexity index is 3320. The molecule has 0 aromatic carbocycles. The van der Waals surface area contributed by atoms with Crippen LogP contribution in [0.25, 0.3) is 28.7 Å². The van der Waals surface area contributed by atoms with Gasteiger partial charge >= 0.3 is 56.2 Å². The van der Waals surface area contributed by atoms with Crippen LogP contribution in [0, 0.1) is 0 Å². The Morgan fingerprint density at radius 2 is 0.407 bits per heavy atom. The number of nitrogens with two attached hydrogens (primary N) is 5. The third-order valence-corrected chi connectivity index (χ3v) is 10.9. The molecule has 0 saturated heterocycles. The zero-order valence-corrected chi connectivity index (χ0v) is 42.5. The van der Waals surface area contributed by atoms with E-state index in [1.807, 2.05) is 145 Å². The number of anilines is 5. The lowest BCUT2D eigenvalue weighted by molar-refractivity contribution is -0.673. The Morgan fingerprint density at radius 1 is 0.284 bits per heavy atom. The summed E-state index contributed by atoms with van der Waals surface area (Å²) in [5.41, 5.74) is 7.71. The molecule has 0 bridgehead atoms. The van der Waals surface area contributed by atoms with E-state index in [1.165, 1.54) is 0 Å². The minimum atomic E-state index is -6.09. The van der Waals surface area contributed by atoms with E-state index in [9.17, 15) is 65.9 Å². The van der Waals surface area contributed by atoms with Crippen LogP contribution in [-0.2, 0) is 50.6 Å². The highest BCUT2D eigenvalue weighted by atomic mass is 32.2. The van der Waals surface area contributed by atoms with Crippen molar-refractivity contribution in [3.63, 3.8) is 0 Å². The zero-order chi connectivity index (χ0) is 63.5. The summed E-state index contributed by atoms with van der Waals surface area (Å²) < 4.78 is 304. The van der Waals surface area contributed by atoms with Gasteiger partial charge in [0.15, 0.2) is 87.8 Å². The molecule has 0 atom stereocenters. The second-order valence-electron chi connectivity index (χ2n) is 14.0. The zero-order valence-electron chi connectivity index (χ0n) is 38.5. The molecule has 0 aliphatic heterocycles. The van der Waals surface area contributed by atoms with Gasteiger partial charge in [0.2, 0.25) is 0 Å². The Hall–Kier alpha value is -7.60. The van der Waals surface area contributed by atoms with Crippen molar-refractivity contribution in [2.45, 2.75) is 27.5 Å². The van der Waals surface area contributed by atoms with E-state index >= 15 is 0 Å². The Kier molecular flexibility index (Phi) is 23.2. The van der Waals surface area contributed by atoms with Crippen LogP contribution in [0.4, 0.5) is 94.3 Å². The van der Waals surface area contributed by atoms with Gasteiger partial charge in [-0.1, -0.05) is 0 Å². The lowest BCUT2D eigenvalue weighted by Crippen LogP contribution is -2.51. The van der Waals surface area contributed by atoms with Gasteiger partial charge in [0.1, 0.15) is 0 Å². The van der Waals surface area contributed by atoms with Crippen LogP contribution in [0.15, 0.2) is 123 Å². The third-order valence-electron chi connectivity index (χ3n) is 8.04. The van der Waals surface area contributed by atoms with Crippen molar-refractivity contribution >= 4 is 79.0 Å². The molecule has 0 spiro atoms. The number of nitrogens with zero attached hydrogens (tertiary/aromatic N) is 6. The van der Waals surface area contributed by atoms with Crippen molar-refractivity contribution in [1.29, 1.82) is 0 Å². The van der Waals surface area contributed by atoms with Crippen molar-refractivity contribution in [2.75, 3.05) is 28.7 Å². The molecular formula is C35H30F15N11O15S5. The molecule has 81 heavy (non-hydrogen) atoms. The smallest absolute Gasteiger partial charge is 0.485 e. The maximum atomic E-state index is 10.7. The number of pyridine rings is 6. The van der Waals surface area contributed by atoms with Crippen molar-refractivity contribution in [1.82, 2.24) is 4.98 Å². The highest BCUT2D eigenvalue weighted by molar-refractivity contribution is 7.87. The molecule has 0 amide bonds. The van der Waals surface area contributed by atoms with Gasteiger partial charge in [0.25, 0.3) is 0 Å². The molecule has 6 heterocycles. The normalized spacial score (nSPS) is 12.4. The maximum absolute atomic E-state index is 10.7. The van der Waals surface area contributed by atoms with E-state index in [0.29, 0.717) is 40.1 Å². The van der Waals surface area contributed by atoms with E-state index in [4.69, 9.17) is 98.5 Å². The van der Waals surface area contributed by atoms with Crippen molar-refractivity contribution in [3.05, 3.63) is 123 Å². The SMILES string of the molecule is Nc1cc[n+](-c2nc(-[n+]3ccc(N)cc3)c(-[n+]3ccc(N)cc3)c(-[n+]3ccc(N)cc3)c2-[n+]2ccc(N)cc2)cc1.O=S(=O)([O-])C(F)(F)F.O=S(=O)([O-])C(F)(F)F.O=S(=O)([O-])C(F)(F)F.O=S(=O)([O-])C(F)(F)F.O=S(=O)([O-])C(F)(F)F. The average Bonchev–Trinajstić information content (AvgIpc) is 3.28. The molecule has 0 fully saturated rings. The largest absolute Gasteiger partial charge is 0.741 e. The van der Waals surface area contributed by atoms with Crippen LogP contribution in [0.5, 0.6) is 0 Å². The monoisotopic (exact) mass is 1290 g/mol. The van der Waals surface area contributed by atoms with E-state index in [1.54, 1.807) is 0 Å². The standard InChI is InChI=1S/C30H25N11.5CHF3O3S/c31-21-1-11-37(12-2-21)26-27(38-13-3-22(32)4-14-38)29(40-17-7-24(34)8-18-40)36-30(41-19-9-25(35)10-20-41)28(26)39-15-5-23(33)6-16-39;5*2-1(3,4)8(5,6)7/h1-20,31-35H;5*(H,5,6,7). The number of rotatable bonds is 5. The Labute approximate surface area is 443 Å². The first kappa shape index (κ1) is 71.4. The van der Waals surface area contributed by atoms with Crippen LogP contribution in [0.1, 0.15) is 0 Å². The van der Waals surface area contributed by atoms with Gasteiger partial charge in [0, 0.05) is 94.1 Å². The highest BCUT2D eigenvalue weighted by Gasteiger charge is 2.47. The number of hydrogen-bond donors (Lipinski definition) is 5. The van der Waals surface area contributed by atoms with Crippen molar-refractivity contribution in [3.8, 4) is 28.7 Å². The van der Waals surface area contributed by atoms with Crippen LogP contribution < -0.4 is 51.5 Å². The Morgan fingerprint density at radius 3 is 0.543 bits per heavy atom. The summed E-state index contributed by atoms with van der Waals surface area (Å²) in [5.74, 6) is 1.27. The van der Waals surface area contributed by atoms with Gasteiger partial charge in [-0.15, -0.1) is 0 Å². The highest BCUT2D eigenvalue weighted by Crippen LogP contribution is 2.26. The predicted molar refractivity (Wildman–Crippen MR) is 233 cm³/mol. The molecule has 0 aliphatic carbocycles. The van der Waals surface area contributed by atoms with Crippen molar-refractivity contribution in [2.24, 2.45) is 0 Å². The second kappa shape index (κ2) is 26.3. The number of halogens is 15. The molecule has 46 heteroatoms. The summed E-state index contributed by atoms with van der Waals surface area (Å²) in [4.78, 5) is 5.28. The van der Waals surface area contributed by atoms with E-state index < -0.39 is 78.1 Å². The van der Waals surface area contributed by atoms with Gasteiger partial charge in [-0.25, -0.2) is 42.1 Å². The summed E-state index contributed by atoms with van der Waals surface area (Å²) in [6.07, 6.45) is 19.0. The van der Waals surface area contributed by atoms with Gasteiger partial charge in [-0.3, -0.25) is 0 Å². The lowest BCUT2D eigenvalue weighted by atomic mass is 10.2. The summed E-state index contributed by atoms with van der Waals surface area (Å²) in [5, 5.41) is 0. The fourth-order valence-corrected chi connectivity index (χ4v) is 4.53. The number of nitrogen functional groups attached to an aromatic ring is 5. The lowest BCUT2D eigenvalue weighted by Gasteiger charge is -2.08. The van der Waals surface area contributed by atoms with Gasteiger partial charge in [-0.05, 0) is 0 Å². The molecule has 0 unspecified atom stereocenters. The topological polar surface area (TPSA) is 448 Å². The van der Waals surface area contributed by atoms with Crippen LogP contribution in [-0.4, -0.2) is 97.4 Å². The summed E-state index contributed by atoms with van der Waals surface area (Å²) in [7, 11) is -30.5. The molecule has 6 aromatic heterocycles. The van der Waals surface area contributed by atoms with E-state index in [0.717, 1.165) is 17.1 Å². The average molecular weight is 1290 g/mol. The molecule has 10 N–H and O–H groups in total. The fraction of sp³-hybridized carbons (Fsp3) is 0.143. The van der Waals surface area contributed by atoms with E-state index in [2.05, 4.69) is 0 Å². The molecule has 0 saturated carbocycles. The predicted octanol–water partition coefficient (Wildman–Crippen LogP) is 0.633. The molecular weight excluding hydrogens is 1260 g/mol. The summed E-state index contributed by atoms with van der Waals surface area (Å²) >= 11 is 0. The molecule has 6 aromatic rings. The molecule has 26 nitrogen and oxygen atoms in total. The van der Waals surface area contributed by atoms with Gasteiger partial charge in [-0.2, -0.15) is 88.7 Å². The van der Waals surface area contributed by atoms with Crippen LogP contribution in [0.3, 0.4) is 0 Å². The summed E-state index contributed by atoms with van der Waals surface area (Å²) in [6, 6.07) is 18.4. The minimum absolute atomic E-state index is 0.637. The second-order valence-corrected chi connectivity index (χ2v) is 20.9. The fourth-order valence-electron chi connectivity index (χ4n) is 4.53. The van der Waals surface area contributed by atoms with Crippen LogP contribution in [0.2, 0.25) is 0 Å². The Balaban J connectivity index is 0.000000660. The first-order valence-corrected chi connectivity index (χ1v) is 26.2. The van der Waals surface area contributed by atoms with Gasteiger partial charge in [0.05, 0.1) is 24.8 Å². The quantitative estimate of drug-likeness (QED) is 0.0684. The van der Waals surface area contributed by atoms with Crippen molar-refractivity contribution < 1.29 is 154 Å². The number of aromatic nitrogens is 6. The minimum Gasteiger partial charge on any atom is -0.741 e. The maximum Gasteiger partial charge on any atom is 0.485 e. The molecule has 6 rings (SSSR count). The van der Waals surface area contributed by atoms with Gasteiger partial charge < -0.3 is 51.4 Å². The van der Waals surface area contributed by atoms with Crippen LogP contribution >= 0.6 is 0 Å². The summed E-state index contributed by atoms with van der Waals surface area (Å²) in [6.45, 7) is 0. The first-order valence-electron chi connectivity index (χ1n) is 19.2. The van der Waals surface area contributed by atoms with E-state index in [-0.39, 0.29) is 0 Å². The first-order chi connectivity index (χ1) is 36.1. The molecule has 0 aliphatic rings. The third kappa shape index (κ3) is 22.1. The molecule has 450 valence electrons. The molecule has 0 radical (unpaired) electrons.